The molecule has 3 rings (SSSR count). The first-order chi connectivity index (χ1) is 11.5. The predicted molar refractivity (Wildman–Crippen MR) is 103 cm³/mol. The summed E-state index contributed by atoms with van der Waals surface area (Å²) in [5.74, 6) is 0.278. The number of imide groups is 1. The van der Waals surface area contributed by atoms with Crippen molar-refractivity contribution in [2.24, 2.45) is 0 Å². The summed E-state index contributed by atoms with van der Waals surface area (Å²) in [5.41, 5.74) is 2.15. The quantitative estimate of drug-likeness (QED) is 0.761. The average molecular weight is 358 g/mol. The first-order valence-electron chi connectivity index (χ1n) is 7.61. The molecule has 2 aromatic rings. The second kappa shape index (κ2) is 6.83. The Kier molecular flexibility index (Phi) is 4.78. The fourth-order valence-corrected chi connectivity index (χ4v) is 4.24. The van der Waals surface area contributed by atoms with Crippen LogP contribution >= 0.6 is 23.1 Å². The van der Waals surface area contributed by atoms with Gasteiger partial charge in [-0.2, -0.15) is 0 Å². The van der Waals surface area contributed by atoms with Crippen LogP contribution in [0.3, 0.4) is 0 Å². The number of carbonyl (C=O) groups excluding carboxylic acids is 2. The van der Waals surface area contributed by atoms with Crippen LogP contribution in [-0.4, -0.2) is 31.7 Å². The monoisotopic (exact) mass is 358 g/mol. The fraction of sp³-hybridized carbons (Fsp3) is 0.222. The van der Waals surface area contributed by atoms with Gasteiger partial charge in [-0.1, -0.05) is 13.0 Å². The van der Waals surface area contributed by atoms with E-state index in [1.54, 1.807) is 0 Å². The minimum absolute atomic E-state index is 0.229. The summed E-state index contributed by atoms with van der Waals surface area (Å²) in [4.78, 5) is 30.4. The van der Waals surface area contributed by atoms with Crippen LogP contribution in [0, 0.1) is 0 Å². The van der Waals surface area contributed by atoms with Crippen molar-refractivity contribution >= 4 is 51.9 Å². The number of nitrogens with zero attached hydrogens (tertiary/aromatic N) is 2. The highest BCUT2D eigenvalue weighted by atomic mass is 32.2. The molecule has 0 saturated carbocycles. The zero-order valence-electron chi connectivity index (χ0n) is 13.8. The third kappa shape index (κ3) is 2.87. The number of amides is 2. The third-order valence-electron chi connectivity index (χ3n) is 3.72. The van der Waals surface area contributed by atoms with E-state index in [0.717, 1.165) is 16.3 Å². The van der Waals surface area contributed by atoms with Crippen molar-refractivity contribution in [2.45, 2.75) is 6.92 Å². The van der Waals surface area contributed by atoms with Gasteiger partial charge in [-0.15, -0.1) is 23.1 Å². The number of thiophene rings is 1. The molecule has 1 aliphatic heterocycles. The molecule has 0 aliphatic carbocycles. The molecule has 1 aromatic heterocycles. The summed E-state index contributed by atoms with van der Waals surface area (Å²) in [6, 6.07) is 11.2. The molecule has 2 heterocycles. The Hall–Kier alpha value is -2.05. The van der Waals surface area contributed by atoms with Crippen molar-refractivity contribution in [1.29, 1.82) is 0 Å². The number of carbonyl (C=O) groups is 2. The summed E-state index contributed by atoms with van der Waals surface area (Å²) in [7, 11) is 3.90. The molecule has 0 unspecified atom stereocenters. The maximum absolute atomic E-state index is 12.9. The van der Waals surface area contributed by atoms with Crippen LogP contribution < -0.4 is 9.80 Å². The summed E-state index contributed by atoms with van der Waals surface area (Å²) in [6.45, 7) is 1.98. The Morgan fingerprint density at radius 1 is 1.08 bits per heavy atom. The van der Waals surface area contributed by atoms with E-state index in [-0.39, 0.29) is 11.8 Å². The number of benzene rings is 1. The van der Waals surface area contributed by atoms with Crippen LogP contribution in [0.1, 0.15) is 11.8 Å². The van der Waals surface area contributed by atoms with Gasteiger partial charge in [-0.3, -0.25) is 9.59 Å². The van der Waals surface area contributed by atoms with E-state index in [2.05, 4.69) is 0 Å². The molecule has 6 heteroatoms. The molecular formula is C18H18N2O2S2. The topological polar surface area (TPSA) is 40.6 Å². The molecule has 24 heavy (non-hydrogen) atoms. The molecule has 1 aromatic carbocycles. The van der Waals surface area contributed by atoms with Gasteiger partial charge in [0.1, 0.15) is 0 Å². The maximum atomic E-state index is 12.9. The summed E-state index contributed by atoms with van der Waals surface area (Å²) in [6.07, 6.45) is 0. The number of rotatable bonds is 5. The Bertz CT molecular complexity index is 793. The SMILES string of the molecule is CCSC1=C(c2cccs2)C(=O)N(c2ccc(N(C)C)cc2)C1=O. The van der Waals surface area contributed by atoms with Gasteiger partial charge in [0.25, 0.3) is 11.8 Å². The highest BCUT2D eigenvalue weighted by Gasteiger charge is 2.40. The molecule has 4 nitrogen and oxygen atoms in total. The number of hydrogen-bond acceptors (Lipinski definition) is 5. The highest BCUT2D eigenvalue weighted by molar-refractivity contribution is 8.04. The van der Waals surface area contributed by atoms with Crippen LogP contribution in [0.15, 0.2) is 46.7 Å². The van der Waals surface area contributed by atoms with E-state index in [1.165, 1.54) is 28.0 Å². The van der Waals surface area contributed by atoms with Crippen LogP contribution in [-0.2, 0) is 9.59 Å². The number of hydrogen-bond donors (Lipinski definition) is 0. The van der Waals surface area contributed by atoms with E-state index in [0.29, 0.717) is 16.2 Å². The van der Waals surface area contributed by atoms with Crippen LogP contribution in [0.5, 0.6) is 0 Å². The van der Waals surface area contributed by atoms with Crippen molar-refractivity contribution in [3.63, 3.8) is 0 Å². The van der Waals surface area contributed by atoms with Gasteiger partial charge in [-0.05, 0) is 41.5 Å². The van der Waals surface area contributed by atoms with E-state index >= 15 is 0 Å². The Morgan fingerprint density at radius 3 is 2.33 bits per heavy atom. The van der Waals surface area contributed by atoms with Crippen molar-refractivity contribution in [1.82, 2.24) is 0 Å². The Labute approximate surface area is 149 Å². The average Bonchev–Trinajstić information content (AvgIpc) is 3.16. The molecule has 2 amide bonds. The van der Waals surface area contributed by atoms with Crippen LogP contribution in [0.4, 0.5) is 11.4 Å². The molecule has 0 saturated heterocycles. The Morgan fingerprint density at radius 2 is 1.79 bits per heavy atom. The lowest BCUT2D eigenvalue weighted by Crippen LogP contribution is -2.31. The number of thioether (sulfide) groups is 1. The van der Waals surface area contributed by atoms with Gasteiger partial charge in [0.05, 0.1) is 16.2 Å². The molecule has 0 N–H and O–H groups in total. The van der Waals surface area contributed by atoms with Crippen LogP contribution in [0.25, 0.3) is 5.57 Å². The lowest BCUT2D eigenvalue weighted by Gasteiger charge is -2.17. The van der Waals surface area contributed by atoms with Gasteiger partial charge >= 0.3 is 0 Å². The molecule has 0 fully saturated rings. The molecule has 0 atom stereocenters. The summed E-state index contributed by atoms with van der Waals surface area (Å²) in [5, 5.41) is 1.92. The molecule has 124 valence electrons. The molecule has 1 aliphatic rings. The first-order valence-corrected chi connectivity index (χ1v) is 9.48. The normalized spacial score (nSPS) is 14.7. The largest absolute Gasteiger partial charge is 0.378 e. The third-order valence-corrected chi connectivity index (χ3v) is 5.57. The number of anilines is 2. The highest BCUT2D eigenvalue weighted by Crippen LogP contribution is 2.39. The van der Waals surface area contributed by atoms with Crippen molar-refractivity contribution in [3.05, 3.63) is 51.6 Å². The van der Waals surface area contributed by atoms with Crippen molar-refractivity contribution < 1.29 is 9.59 Å². The van der Waals surface area contributed by atoms with E-state index in [1.807, 2.05) is 67.7 Å². The van der Waals surface area contributed by atoms with E-state index in [9.17, 15) is 9.59 Å². The minimum atomic E-state index is -0.240. The van der Waals surface area contributed by atoms with E-state index < -0.39 is 0 Å². The second-order valence-electron chi connectivity index (χ2n) is 5.47. The lowest BCUT2D eigenvalue weighted by atomic mass is 10.2. The van der Waals surface area contributed by atoms with E-state index in [4.69, 9.17) is 0 Å². The van der Waals surface area contributed by atoms with Gasteiger partial charge in [0, 0.05) is 24.7 Å². The van der Waals surface area contributed by atoms with Crippen LogP contribution in [0.2, 0.25) is 0 Å². The minimum Gasteiger partial charge on any atom is -0.378 e. The summed E-state index contributed by atoms with van der Waals surface area (Å²) >= 11 is 2.91. The molecular weight excluding hydrogens is 340 g/mol. The molecule has 0 spiro atoms. The smallest absolute Gasteiger partial charge is 0.272 e. The van der Waals surface area contributed by atoms with Gasteiger partial charge in [0.15, 0.2) is 0 Å². The molecule has 0 bridgehead atoms. The Balaban J connectivity index is 2.00. The molecule has 0 radical (unpaired) electrons. The van der Waals surface area contributed by atoms with Gasteiger partial charge < -0.3 is 4.90 Å². The lowest BCUT2D eigenvalue weighted by molar-refractivity contribution is -0.119. The van der Waals surface area contributed by atoms with Gasteiger partial charge in [-0.25, -0.2) is 4.90 Å². The zero-order valence-corrected chi connectivity index (χ0v) is 15.4. The van der Waals surface area contributed by atoms with Crippen molar-refractivity contribution in [3.8, 4) is 0 Å². The first kappa shape index (κ1) is 16.8. The predicted octanol–water partition coefficient (Wildman–Crippen LogP) is 3.85. The fourth-order valence-electron chi connectivity index (χ4n) is 2.56. The maximum Gasteiger partial charge on any atom is 0.272 e. The standard InChI is InChI=1S/C18H18N2O2S2/c1-4-23-16-15(14-6-5-11-24-14)17(21)20(18(16)22)13-9-7-12(8-10-13)19(2)3/h5-11H,4H2,1-3H3. The van der Waals surface area contributed by atoms with Crippen molar-refractivity contribution in [2.75, 3.05) is 29.6 Å². The zero-order chi connectivity index (χ0) is 17.3. The van der Waals surface area contributed by atoms with Gasteiger partial charge in [0.2, 0.25) is 0 Å². The second-order valence-corrected chi connectivity index (χ2v) is 7.69. The summed E-state index contributed by atoms with van der Waals surface area (Å²) < 4.78 is 0.